The smallest absolute Gasteiger partial charge is 0.227 e. The Morgan fingerprint density at radius 3 is 2.67 bits per heavy atom. The summed E-state index contributed by atoms with van der Waals surface area (Å²) >= 11 is 9.24. The molecule has 0 aliphatic carbocycles. The van der Waals surface area contributed by atoms with Crippen LogP contribution in [0.25, 0.3) is 0 Å². The Morgan fingerprint density at radius 1 is 1.24 bits per heavy atom. The summed E-state index contributed by atoms with van der Waals surface area (Å²) in [5.41, 5.74) is 6.89. The molecule has 0 saturated heterocycles. The fourth-order valence-corrected chi connectivity index (χ4v) is 2.15. The van der Waals surface area contributed by atoms with Crippen LogP contribution in [0.5, 0.6) is 5.75 Å². The highest BCUT2D eigenvalue weighted by Gasteiger charge is 2.06. The number of nitrogen functional groups attached to an aromatic ring is 1. The Balaban J connectivity index is 1.82. The maximum Gasteiger partial charge on any atom is 0.227 e. The minimum absolute atomic E-state index is 0.145. The number of hydrogen-bond donors (Lipinski definition) is 2. The van der Waals surface area contributed by atoms with Crippen LogP contribution in [-0.2, 0) is 4.79 Å². The van der Waals surface area contributed by atoms with Crippen molar-refractivity contribution in [1.82, 2.24) is 0 Å². The molecule has 0 bridgehead atoms. The molecule has 2 aromatic rings. The first-order valence-corrected chi connectivity index (χ1v) is 7.45. The van der Waals surface area contributed by atoms with Gasteiger partial charge in [-0.1, -0.05) is 11.6 Å². The summed E-state index contributed by atoms with van der Waals surface area (Å²) in [6.45, 7) is 0.286. The van der Waals surface area contributed by atoms with Crippen LogP contribution >= 0.6 is 27.5 Å². The number of nitrogens with two attached hydrogens (primary N) is 1. The molecular weight excluding hydrogens is 356 g/mol. The molecule has 1 amide bonds. The molecule has 0 saturated carbocycles. The van der Waals surface area contributed by atoms with Crippen molar-refractivity contribution >= 4 is 44.8 Å². The number of hydrogen-bond acceptors (Lipinski definition) is 3. The second-order valence-corrected chi connectivity index (χ2v) is 5.63. The monoisotopic (exact) mass is 368 g/mol. The predicted molar refractivity (Wildman–Crippen MR) is 88.7 cm³/mol. The average Bonchev–Trinajstić information content (AvgIpc) is 2.45. The molecule has 21 heavy (non-hydrogen) atoms. The molecule has 2 rings (SSSR count). The standard InChI is InChI=1S/C15H14BrClN2O2/c16-13-6-1-10(17)9-14(13)19-15(20)7-8-21-12-4-2-11(18)3-5-12/h1-6,9H,7-8,18H2,(H,19,20). The first kappa shape index (κ1) is 15.7. The summed E-state index contributed by atoms with van der Waals surface area (Å²) in [6.07, 6.45) is 0.239. The summed E-state index contributed by atoms with van der Waals surface area (Å²) in [5, 5.41) is 3.34. The summed E-state index contributed by atoms with van der Waals surface area (Å²) < 4.78 is 6.25. The van der Waals surface area contributed by atoms with E-state index in [4.69, 9.17) is 22.1 Å². The number of nitrogens with one attached hydrogen (secondary N) is 1. The van der Waals surface area contributed by atoms with Crippen LogP contribution in [0.15, 0.2) is 46.9 Å². The Morgan fingerprint density at radius 2 is 1.95 bits per heavy atom. The van der Waals surface area contributed by atoms with Gasteiger partial charge in [0, 0.05) is 15.2 Å². The summed E-state index contributed by atoms with van der Waals surface area (Å²) in [7, 11) is 0. The van der Waals surface area contributed by atoms with Gasteiger partial charge in [-0.25, -0.2) is 0 Å². The minimum atomic E-state index is -0.145. The molecule has 0 aliphatic heterocycles. The van der Waals surface area contributed by atoms with Crippen molar-refractivity contribution in [2.24, 2.45) is 0 Å². The van der Waals surface area contributed by atoms with E-state index in [0.717, 1.165) is 4.47 Å². The Bertz CT molecular complexity index is 632. The number of benzene rings is 2. The van der Waals surface area contributed by atoms with E-state index in [-0.39, 0.29) is 18.9 Å². The van der Waals surface area contributed by atoms with Crippen LogP contribution < -0.4 is 15.8 Å². The lowest BCUT2D eigenvalue weighted by atomic mass is 10.3. The molecule has 4 nitrogen and oxygen atoms in total. The highest BCUT2D eigenvalue weighted by Crippen LogP contribution is 2.26. The van der Waals surface area contributed by atoms with E-state index in [2.05, 4.69) is 21.2 Å². The third kappa shape index (κ3) is 4.95. The molecule has 0 aromatic heterocycles. The number of anilines is 2. The van der Waals surface area contributed by atoms with E-state index >= 15 is 0 Å². The maximum atomic E-state index is 11.8. The third-order valence-corrected chi connectivity index (χ3v) is 3.61. The predicted octanol–water partition coefficient (Wildman–Crippen LogP) is 4.09. The highest BCUT2D eigenvalue weighted by atomic mass is 79.9. The molecule has 0 heterocycles. The van der Waals surface area contributed by atoms with Crippen LogP contribution in [0.2, 0.25) is 5.02 Å². The number of ether oxygens (including phenoxy) is 1. The van der Waals surface area contributed by atoms with Gasteiger partial charge in [0.2, 0.25) is 5.91 Å². The van der Waals surface area contributed by atoms with Crippen molar-refractivity contribution in [2.45, 2.75) is 6.42 Å². The van der Waals surface area contributed by atoms with Crippen molar-refractivity contribution < 1.29 is 9.53 Å². The zero-order valence-corrected chi connectivity index (χ0v) is 13.4. The molecule has 0 spiro atoms. The summed E-state index contributed by atoms with van der Waals surface area (Å²) in [6, 6.07) is 12.2. The van der Waals surface area contributed by atoms with Crippen molar-refractivity contribution in [1.29, 1.82) is 0 Å². The second-order valence-electron chi connectivity index (χ2n) is 4.34. The van der Waals surface area contributed by atoms with Gasteiger partial charge in [0.1, 0.15) is 5.75 Å². The number of carbonyl (C=O) groups is 1. The van der Waals surface area contributed by atoms with Gasteiger partial charge in [-0.3, -0.25) is 4.79 Å². The zero-order valence-electron chi connectivity index (χ0n) is 11.1. The van der Waals surface area contributed by atoms with Crippen molar-refractivity contribution in [3.63, 3.8) is 0 Å². The number of amides is 1. The third-order valence-electron chi connectivity index (χ3n) is 2.68. The van der Waals surface area contributed by atoms with E-state index < -0.39 is 0 Å². The van der Waals surface area contributed by atoms with Gasteiger partial charge >= 0.3 is 0 Å². The number of rotatable bonds is 5. The van der Waals surface area contributed by atoms with E-state index in [1.54, 1.807) is 42.5 Å². The summed E-state index contributed by atoms with van der Waals surface area (Å²) in [4.78, 5) is 11.8. The molecule has 110 valence electrons. The molecular formula is C15H14BrClN2O2. The van der Waals surface area contributed by atoms with Gasteiger partial charge in [-0.2, -0.15) is 0 Å². The van der Waals surface area contributed by atoms with E-state index in [1.807, 2.05) is 0 Å². The normalized spacial score (nSPS) is 10.2. The van der Waals surface area contributed by atoms with Crippen molar-refractivity contribution in [2.75, 3.05) is 17.7 Å². The Kier molecular flexibility index (Phi) is 5.47. The Hall–Kier alpha value is -1.72. The number of carbonyl (C=O) groups excluding carboxylic acids is 1. The topological polar surface area (TPSA) is 64.3 Å². The van der Waals surface area contributed by atoms with Gasteiger partial charge in [-0.05, 0) is 58.4 Å². The fourth-order valence-electron chi connectivity index (χ4n) is 1.63. The van der Waals surface area contributed by atoms with Crippen molar-refractivity contribution in [3.05, 3.63) is 52.0 Å². The largest absolute Gasteiger partial charge is 0.493 e. The van der Waals surface area contributed by atoms with E-state index in [0.29, 0.717) is 22.1 Å². The molecule has 0 fully saturated rings. The molecule has 0 atom stereocenters. The SMILES string of the molecule is Nc1ccc(OCCC(=O)Nc2cc(Cl)ccc2Br)cc1. The van der Waals surface area contributed by atoms with Gasteiger partial charge < -0.3 is 15.8 Å². The van der Waals surface area contributed by atoms with E-state index in [9.17, 15) is 4.79 Å². The molecule has 3 N–H and O–H groups in total. The quantitative estimate of drug-likeness (QED) is 0.780. The molecule has 0 radical (unpaired) electrons. The zero-order chi connectivity index (χ0) is 15.2. The Labute approximate surface area is 136 Å². The van der Waals surface area contributed by atoms with E-state index in [1.165, 1.54) is 0 Å². The van der Waals surface area contributed by atoms with Gasteiger partial charge in [0.15, 0.2) is 0 Å². The van der Waals surface area contributed by atoms with Crippen LogP contribution in [0.1, 0.15) is 6.42 Å². The van der Waals surface area contributed by atoms with Crippen LogP contribution in [0, 0.1) is 0 Å². The first-order valence-electron chi connectivity index (χ1n) is 6.28. The van der Waals surface area contributed by atoms with Gasteiger partial charge in [0.05, 0.1) is 18.7 Å². The van der Waals surface area contributed by atoms with Gasteiger partial charge in [-0.15, -0.1) is 0 Å². The first-order chi connectivity index (χ1) is 10.0. The lowest BCUT2D eigenvalue weighted by Gasteiger charge is -2.09. The maximum absolute atomic E-state index is 11.8. The van der Waals surface area contributed by atoms with Crippen LogP contribution in [0.3, 0.4) is 0 Å². The second kappa shape index (κ2) is 7.33. The lowest BCUT2D eigenvalue weighted by Crippen LogP contribution is -2.15. The average molecular weight is 370 g/mol. The molecule has 6 heteroatoms. The molecule has 0 aliphatic rings. The minimum Gasteiger partial charge on any atom is -0.493 e. The van der Waals surface area contributed by atoms with Gasteiger partial charge in [0.25, 0.3) is 0 Å². The summed E-state index contributed by atoms with van der Waals surface area (Å²) in [5.74, 6) is 0.536. The number of halogens is 2. The molecule has 2 aromatic carbocycles. The fraction of sp³-hybridized carbons (Fsp3) is 0.133. The molecule has 0 unspecified atom stereocenters. The highest BCUT2D eigenvalue weighted by molar-refractivity contribution is 9.10. The van der Waals surface area contributed by atoms with Crippen LogP contribution in [-0.4, -0.2) is 12.5 Å². The van der Waals surface area contributed by atoms with Crippen LogP contribution in [0.4, 0.5) is 11.4 Å². The van der Waals surface area contributed by atoms with Crippen molar-refractivity contribution in [3.8, 4) is 5.75 Å². The lowest BCUT2D eigenvalue weighted by molar-refractivity contribution is -0.116.